The summed E-state index contributed by atoms with van der Waals surface area (Å²) in [7, 11) is -3.35. The van der Waals surface area contributed by atoms with Gasteiger partial charge in [-0.25, -0.2) is 17.1 Å². The molecule has 1 fully saturated rings. The average molecular weight is 449 g/mol. The molecule has 0 radical (unpaired) electrons. The van der Waals surface area contributed by atoms with Gasteiger partial charge in [0.2, 0.25) is 15.9 Å². The molecule has 2 heterocycles. The van der Waals surface area contributed by atoms with Crippen molar-refractivity contribution in [2.24, 2.45) is 5.92 Å². The van der Waals surface area contributed by atoms with E-state index in [-0.39, 0.29) is 40.4 Å². The number of aromatic nitrogens is 2. The summed E-state index contributed by atoms with van der Waals surface area (Å²) in [5.74, 6) is -1.18. The number of carbonyl (C=O) groups excluding carboxylic acids is 1. The van der Waals surface area contributed by atoms with E-state index in [2.05, 4.69) is 10.4 Å². The molecule has 1 aromatic carbocycles. The van der Waals surface area contributed by atoms with Gasteiger partial charge in [0.1, 0.15) is 10.8 Å². The maximum absolute atomic E-state index is 13.9. The lowest BCUT2D eigenvalue weighted by Crippen LogP contribution is -2.43. The van der Waals surface area contributed by atoms with Gasteiger partial charge >= 0.3 is 0 Å². The maximum atomic E-state index is 13.9. The number of nitrogens with one attached hydrogen (secondary N) is 1. The second kappa shape index (κ2) is 8.36. The summed E-state index contributed by atoms with van der Waals surface area (Å²) >= 11 is 12.2. The highest BCUT2D eigenvalue weighted by Gasteiger charge is 2.30. The molecule has 3 rings (SSSR count). The van der Waals surface area contributed by atoms with Crippen molar-refractivity contribution in [2.75, 3.05) is 24.7 Å². The summed E-state index contributed by atoms with van der Waals surface area (Å²) < 4.78 is 40.1. The molecule has 28 heavy (non-hydrogen) atoms. The molecule has 11 heteroatoms. The predicted octanol–water partition coefficient (Wildman–Crippen LogP) is 2.99. The molecule has 1 atom stereocenters. The Morgan fingerprint density at radius 1 is 1.36 bits per heavy atom. The van der Waals surface area contributed by atoms with Crippen LogP contribution in [-0.4, -0.2) is 47.8 Å². The predicted molar refractivity (Wildman–Crippen MR) is 106 cm³/mol. The lowest BCUT2D eigenvalue weighted by molar-refractivity contribution is -0.120. The fourth-order valence-corrected chi connectivity index (χ4v) is 4.42. The molecule has 1 aromatic heterocycles. The SMILES string of the molecule is CS(=O)(=O)N1CCCC(C(=O)Nc2nn(Cc3c(F)cccc3Cl)cc2Cl)C1. The van der Waals surface area contributed by atoms with Crippen LogP contribution >= 0.6 is 23.2 Å². The van der Waals surface area contributed by atoms with Crippen molar-refractivity contribution in [3.8, 4) is 0 Å². The van der Waals surface area contributed by atoms with Gasteiger partial charge in [-0.1, -0.05) is 29.3 Å². The van der Waals surface area contributed by atoms with E-state index < -0.39 is 21.8 Å². The highest BCUT2D eigenvalue weighted by molar-refractivity contribution is 7.88. The number of piperidine rings is 1. The van der Waals surface area contributed by atoms with Crippen LogP contribution in [0.25, 0.3) is 0 Å². The smallest absolute Gasteiger partial charge is 0.230 e. The second-order valence-corrected chi connectivity index (χ2v) is 9.47. The highest BCUT2D eigenvalue weighted by atomic mass is 35.5. The van der Waals surface area contributed by atoms with Crippen molar-refractivity contribution in [3.63, 3.8) is 0 Å². The normalized spacial score (nSPS) is 18.2. The van der Waals surface area contributed by atoms with E-state index in [4.69, 9.17) is 23.2 Å². The van der Waals surface area contributed by atoms with Gasteiger partial charge in [-0.05, 0) is 25.0 Å². The van der Waals surface area contributed by atoms with Crippen LogP contribution in [0.1, 0.15) is 18.4 Å². The lowest BCUT2D eigenvalue weighted by Gasteiger charge is -2.29. The number of halogens is 3. The van der Waals surface area contributed by atoms with E-state index in [1.165, 1.54) is 27.3 Å². The van der Waals surface area contributed by atoms with Crippen molar-refractivity contribution in [1.29, 1.82) is 0 Å². The van der Waals surface area contributed by atoms with E-state index in [1.54, 1.807) is 6.07 Å². The summed E-state index contributed by atoms with van der Waals surface area (Å²) in [5, 5.41) is 7.28. The highest BCUT2D eigenvalue weighted by Crippen LogP contribution is 2.25. The summed E-state index contributed by atoms with van der Waals surface area (Å²) in [5.41, 5.74) is 0.261. The summed E-state index contributed by atoms with van der Waals surface area (Å²) in [6.07, 6.45) is 3.75. The van der Waals surface area contributed by atoms with Crippen LogP contribution in [0.4, 0.5) is 10.2 Å². The number of benzene rings is 1. The third kappa shape index (κ3) is 4.83. The Bertz CT molecular complexity index is 976. The Labute approximate surface area is 172 Å². The van der Waals surface area contributed by atoms with Crippen LogP contribution in [0.3, 0.4) is 0 Å². The minimum atomic E-state index is -3.35. The number of amides is 1. The standard InChI is InChI=1S/C17H19Cl2FN4O3S/c1-28(26,27)24-7-3-4-11(8-24)17(25)21-16-14(19)10-23(22-16)9-12-13(18)5-2-6-15(12)20/h2,5-6,10-11H,3-4,7-9H2,1H3,(H,21,22,25). The van der Waals surface area contributed by atoms with E-state index in [0.29, 0.717) is 19.4 Å². The van der Waals surface area contributed by atoms with Crippen molar-refractivity contribution in [1.82, 2.24) is 14.1 Å². The van der Waals surface area contributed by atoms with Crippen molar-refractivity contribution < 1.29 is 17.6 Å². The van der Waals surface area contributed by atoms with Crippen LogP contribution in [0, 0.1) is 11.7 Å². The zero-order valence-corrected chi connectivity index (χ0v) is 17.4. The Balaban J connectivity index is 1.71. The molecular weight excluding hydrogens is 430 g/mol. The largest absolute Gasteiger partial charge is 0.308 e. The quantitative estimate of drug-likeness (QED) is 0.761. The molecule has 1 aliphatic heterocycles. The third-order valence-electron chi connectivity index (χ3n) is 4.56. The van der Waals surface area contributed by atoms with Crippen LogP contribution < -0.4 is 5.32 Å². The van der Waals surface area contributed by atoms with Crippen LogP contribution in [0.2, 0.25) is 10.0 Å². The molecule has 0 saturated carbocycles. The zero-order chi connectivity index (χ0) is 20.5. The van der Waals surface area contributed by atoms with E-state index in [9.17, 15) is 17.6 Å². The monoisotopic (exact) mass is 448 g/mol. The number of anilines is 1. The molecule has 0 aliphatic carbocycles. The molecule has 0 bridgehead atoms. The Morgan fingerprint density at radius 2 is 2.11 bits per heavy atom. The van der Waals surface area contributed by atoms with E-state index >= 15 is 0 Å². The minimum Gasteiger partial charge on any atom is -0.308 e. The molecule has 1 amide bonds. The van der Waals surface area contributed by atoms with Crippen LogP contribution in [-0.2, 0) is 21.4 Å². The average Bonchev–Trinajstić information content (AvgIpc) is 2.97. The van der Waals surface area contributed by atoms with Gasteiger partial charge in [0.15, 0.2) is 5.82 Å². The van der Waals surface area contributed by atoms with Crippen molar-refractivity contribution >= 4 is 45.0 Å². The van der Waals surface area contributed by atoms with Gasteiger partial charge in [0.25, 0.3) is 0 Å². The van der Waals surface area contributed by atoms with Crippen molar-refractivity contribution in [3.05, 3.63) is 45.8 Å². The first kappa shape index (κ1) is 21.0. The topological polar surface area (TPSA) is 84.3 Å². The Morgan fingerprint density at radius 3 is 2.79 bits per heavy atom. The van der Waals surface area contributed by atoms with Gasteiger partial charge in [-0.3, -0.25) is 9.48 Å². The van der Waals surface area contributed by atoms with Crippen LogP contribution in [0.15, 0.2) is 24.4 Å². The molecule has 2 aromatic rings. The molecule has 1 aliphatic rings. The molecule has 1 unspecified atom stereocenters. The Hall–Kier alpha value is -1.68. The van der Waals surface area contributed by atoms with Crippen LogP contribution in [0.5, 0.6) is 0 Å². The molecule has 7 nitrogen and oxygen atoms in total. The number of hydrogen-bond donors (Lipinski definition) is 1. The van der Waals surface area contributed by atoms with E-state index in [0.717, 1.165) is 6.26 Å². The summed E-state index contributed by atoms with van der Waals surface area (Å²) in [6, 6.07) is 4.38. The number of carbonyl (C=O) groups is 1. The lowest BCUT2D eigenvalue weighted by atomic mass is 9.99. The maximum Gasteiger partial charge on any atom is 0.230 e. The number of hydrogen-bond acceptors (Lipinski definition) is 4. The molecule has 1 saturated heterocycles. The number of rotatable bonds is 5. The summed E-state index contributed by atoms with van der Waals surface area (Å²) in [4.78, 5) is 12.5. The summed E-state index contributed by atoms with van der Waals surface area (Å²) in [6.45, 7) is 0.571. The zero-order valence-electron chi connectivity index (χ0n) is 15.0. The van der Waals surface area contributed by atoms with Gasteiger partial charge in [0.05, 0.1) is 18.7 Å². The Kier molecular flexibility index (Phi) is 6.28. The second-order valence-electron chi connectivity index (χ2n) is 6.67. The third-order valence-corrected chi connectivity index (χ3v) is 6.46. The van der Waals surface area contributed by atoms with Gasteiger partial charge in [-0.2, -0.15) is 5.10 Å². The van der Waals surface area contributed by atoms with Crippen molar-refractivity contribution in [2.45, 2.75) is 19.4 Å². The molecule has 152 valence electrons. The fraction of sp³-hybridized carbons (Fsp3) is 0.412. The fourth-order valence-electron chi connectivity index (χ4n) is 3.08. The number of nitrogens with zero attached hydrogens (tertiary/aromatic N) is 3. The van der Waals surface area contributed by atoms with Gasteiger partial charge in [-0.15, -0.1) is 0 Å². The first-order valence-corrected chi connectivity index (χ1v) is 11.2. The first-order valence-electron chi connectivity index (χ1n) is 8.57. The van der Waals surface area contributed by atoms with E-state index in [1.807, 2.05) is 0 Å². The first-order chi connectivity index (χ1) is 13.1. The van der Waals surface area contributed by atoms with Gasteiger partial charge < -0.3 is 5.32 Å². The molecule has 0 spiro atoms. The molecule has 1 N–H and O–H groups in total. The van der Waals surface area contributed by atoms with Gasteiger partial charge in [0, 0.05) is 29.9 Å². The number of sulfonamides is 1. The minimum absolute atomic E-state index is 0.0480. The molecular formula is C17H19Cl2FN4O3S.